The highest BCUT2D eigenvalue weighted by Crippen LogP contribution is 2.31. The molecule has 2 heterocycles. The van der Waals surface area contributed by atoms with E-state index in [1.54, 1.807) is 16.9 Å². The van der Waals surface area contributed by atoms with E-state index in [0.717, 1.165) is 24.9 Å². The molecule has 136 valence electrons. The second-order valence-electron chi connectivity index (χ2n) is 6.67. The number of hydrogen-bond donors (Lipinski definition) is 3. The highest BCUT2D eigenvalue weighted by Gasteiger charge is 2.32. The number of rotatable bonds is 7. The molecule has 1 aliphatic carbocycles. The Morgan fingerprint density at radius 2 is 2.08 bits per heavy atom. The molecular formula is C18H21N5O3. The van der Waals surface area contributed by atoms with Crippen LogP contribution in [0, 0.1) is 5.92 Å². The molecule has 0 amide bonds. The highest BCUT2D eigenvalue weighted by molar-refractivity contribution is 5.58. The minimum Gasteiger partial charge on any atom is -0.390 e. The lowest BCUT2D eigenvalue weighted by Crippen LogP contribution is -2.44. The normalized spacial score (nSPS) is 20.7. The number of benzene rings is 1. The van der Waals surface area contributed by atoms with Gasteiger partial charge >= 0.3 is 0 Å². The molecule has 0 spiro atoms. The second-order valence-corrected chi connectivity index (χ2v) is 6.67. The van der Waals surface area contributed by atoms with Gasteiger partial charge in [-0.15, -0.1) is 5.10 Å². The first-order valence-corrected chi connectivity index (χ1v) is 8.67. The lowest BCUT2D eigenvalue weighted by Gasteiger charge is -2.36. The van der Waals surface area contributed by atoms with Gasteiger partial charge in [0.25, 0.3) is 0 Å². The fraction of sp³-hybridized carbons (Fsp3) is 0.389. The van der Waals surface area contributed by atoms with Crippen molar-refractivity contribution < 1.29 is 14.7 Å². The number of aliphatic hydroxyl groups excluding tert-OH is 2. The maximum absolute atomic E-state index is 10.3. The van der Waals surface area contributed by atoms with E-state index in [1.807, 2.05) is 30.3 Å². The maximum atomic E-state index is 10.3. The summed E-state index contributed by atoms with van der Waals surface area (Å²) < 4.78 is 7.03. The average Bonchev–Trinajstić information content (AvgIpc) is 3.30. The first kappa shape index (κ1) is 16.9. The van der Waals surface area contributed by atoms with E-state index in [-0.39, 0.29) is 12.6 Å². The number of nitrogens with one attached hydrogen (secondary N) is 1. The van der Waals surface area contributed by atoms with Gasteiger partial charge in [-0.3, -0.25) is 10.00 Å². The van der Waals surface area contributed by atoms with Crippen LogP contribution in [-0.2, 0) is 13.2 Å². The van der Waals surface area contributed by atoms with E-state index in [0.29, 0.717) is 23.1 Å². The van der Waals surface area contributed by atoms with Crippen LogP contribution in [0.3, 0.4) is 0 Å². The summed E-state index contributed by atoms with van der Waals surface area (Å²) >= 11 is 0. The molecular weight excluding hydrogens is 334 g/mol. The summed E-state index contributed by atoms with van der Waals surface area (Å²) in [6, 6.07) is 11.7. The van der Waals surface area contributed by atoms with Crippen molar-refractivity contribution in [3.63, 3.8) is 0 Å². The average molecular weight is 355 g/mol. The third-order valence-corrected chi connectivity index (χ3v) is 4.69. The molecule has 1 aromatic carbocycles. The minimum absolute atomic E-state index is 0.0941. The van der Waals surface area contributed by atoms with Gasteiger partial charge < -0.3 is 14.7 Å². The van der Waals surface area contributed by atoms with Crippen LogP contribution in [0.2, 0.25) is 0 Å². The summed E-state index contributed by atoms with van der Waals surface area (Å²) in [6.07, 6.45) is 2.75. The summed E-state index contributed by atoms with van der Waals surface area (Å²) in [7, 11) is 0. The van der Waals surface area contributed by atoms with Gasteiger partial charge in [0.1, 0.15) is 11.4 Å². The van der Waals surface area contributed by atoms with Crippen LogP contribution in [0.25, 0.3) is 11.3 Å². The maximum Gasteiger partial charge on any atom is 0.180 e. The van der Waals surface area contributed by atoms with E-state index in [1.165, 1.54) is 0 Å². The zero-order valence-electron chi connectivity index (χ0n) is 14.2. The van der Waals surface area contributed by atoms with Gasteiger partial charge in [-0.2, -0.15) is 0 Å². The van der Waals surface area contributed by atoms with Gasteiger partial charge in [0.2, 0.25) is 0 Å². The van der Waals surface area contributed by atoms with Crippen molar-refractivity contribution in [2.24, 2.45) is 5.92 Å². The predicted molar refractivity (Wildman–Crippen MR) is 92.5 cm³/mol. The number of aliphatic hydroxyl groups is 2. The number of hydrogen-bond acceptors (Lipinski definition) is 7. The fourth-order valence-corrected chi connectivity index (χ4v) is 3.25. The molecule has 3 N–H and O–H groups in total. The van der Waals surface area contributed by atoms with Crippen molar-refractivity contribution in [1.82, 2.24) is 25.5 Å². The third kappa shape index (κ3) is 3.67. The molecule has 4 rings (SSSR count). The van der Waals surface area contributed by atoms with Crippen LogP contribution in [0.1, 0.15) is 30.5 Å². The molecule has 0 bridgehead atoms. The quantitative estimate of drug-likeness (QED) is 0.551. The minimum atomic E-state index is -0.877. The summed E-state index contributed by atoms with van der Waals surface area (Å²) in [5.74, 6) is 0.888. The zero-order valence-corrected chi connectivity index (χ0v) is 14.2. The van der Waals surface area contributed by atoms with E-state index < -0.39 is 6.23 Å². The monoisotopic (exact) mass is 355 g/mol. The molecule has 0 aliphatic heterocycles. The molecule has 8 nitrogen and oxygen atoms in total. The molecule has 8 heteroatoms. The summed E-state index contributed by atoms with van der Waals surface area (Å²) in [5.41, 5.74) is 2.24. The van der Waals surface area contributed by atoms with Crippen molar-refractivity contribution in [1.29, 1.82) is 0 Å². The Balaban J connectivity index is 1.27. The van der Waals surface area contributed by atoms with Crippen LogP contribution in [0.4, 0.5) is 0 Å². The van der Waals surface area contributed by atoms with Gasteiger partial charge in [0.05, 0.1) is 12.8 Å². The first-order chi connectivity index (χ1) is 12.7. The van der Waals surface area contributed by atoms with Gasteiger partial charge in [-0.25, -0.2) is 0 Å². The van der Waals surface area contributed by atoms with E-state index in [2.05, 4.69) is 20.8 Å². The molecule has 1 aliphatic rings. The largest absolute Gasteiger partial charge is 0.390 e. The number of nitrogens with zero attached hydrogens (tertiary/aromatic N) is 4. The van der Waals surface area contributed by atoms with Crippen molar-refractivity contribution in [3.8, 4) is 11.3 Å². The predicted octanol–water partition coefficient (Wildman–Crippen LogP) is 1.48. The van der Waals surface area contributed by atoms with E-state index in [9.17, 15) is 5.11 Å². The summed E-state index contributed by atoms with van der Waals surface area (Å²) in [6.45, 7) is 0.672. The Kier molecular flexibility index (Phi) is 4.79. The van der Waals surface area contributed by atoms with Crippen LogP contribution in [-0.4, -0.2) is 36.4 Å². The molecule has 1 fully saturated rings. The van der Waals surface area contributed by atoms with Crippen LogP contribution < -0.4 is 5.32 Å². The third-order valence-electron chi connectivity index (χ3n) is 4.69. The topological polar surface area (TPSA) is 109 Å². The Morgan fingerprint density at radius 1 is 1.27 bits per heavy atom. The lowest BCUT2D eigenvalue weighted by atomic mass is 9.80. The van der Waals surface area contributed by atoms with Crippen LogP contribution in [0.5, 0.6) is 0 Å². The number of aromatic nitrogens is 4. The zero-order chi connectivity index (χ0) is 17.9. The van der Waals surface area contributed by atoms with E-state index >= 15 is 0 Å². The molecule has 1 atom stereocenters. The van der Waals surface area contributed by atoms with Gasteiger partial charge in [0, 0.05) is 24.2 Å². The van der Waals surface area contributed by atoms with Gasteiger partial charge in [-0.1, -0.05) is 40.7 Å². The van der Waals surface area contributed by atoms with Crippen molar-refractivity contribution in [3.05, 3.63) is 54.0 Å². The molecule has 0 saturated heterocycles. The Labute approximate surface area is 150 Å². The Bertz CT molecular complexity index is 841. The van der Waals surface area contributed by atoms with Gasteiger partial charge in [-0.05, 0) is 18.8 Å². The highest BCUT2D eigenvalue weighted by atomic mass is 16.5. The SMILES string of the molecule is OCc1cn(C[C@H]2C[C@H](NC(O)c3cc(-c4ccccc4)no3)C2)nn1. The molecule has 3 aromatic rings. The van der Waals surface area contributed by atoms with Gasteiger partial charge in [0.15, 0.2) is 12.0 Å². The van der Waals surface area contributed by atoms with Crippen molar-refractivity contribution in [2.75, 3.05) is 0 Å². The van der Waals surface area contributed by atoms with Crippen LogP contribution in [0.15, 0.2) is 47.1 Å². The van der Waals surface area contributed by atoms with Crippen LogP contribution >= 0.6 is 0 Å². The summed E-state index contributed by atoms with van der Waals surface area (Å²) in [5, 5.41) is 34.4. The Hall–Kier alpha value is -2.55. The van der Waals surface area contributed by atoms with Crippen molar-refractivity contribution in [2.45, 2.75) is 38.3 Å². The van der Waals surface area contributed by atoms with E-state index in [4.69, 9.17) is 9.63 Å². The molecule has 1 unspecified atom stereocenters. The molecule has 0 radical (unpaired) electrons. The second kappa shape index (κ2) is 7.36. The summed E-state index contributed by atoms with van der Waals surface area (Å²) in [4.78, 5) is 0. The smallest absolute Gasteiger partial charge is 0.180 e. The van der Waals surface area contributed by atoms with Crippen molar-refractivity contribution >= 4 is 0 Å². The first-order valence-electron chi connectivity index (χ1n) is 8.67. The molecule has 2 aromatic heterocycles. The Morgan fingerprint density at radius 3 is 2.81 bits per heavy atom. The lowest BCUT2D eigenvalue weighted by molar-refractivity contribution is 0.0586. The fourth-order valence-electron chi connectivity index (χ4n) is 3.25. The molecule has 26 heavy (non-hydrogen) atoms. The molecule has 1 saturated carbocycles. The standard InChI is InChI=1S/C18H21N5O3/c24-11-15-10-23(22-20-15)9-12-6-14(7-12)19-18(25)17-8-16(21-26-17)13-4-2-1-3-5-13/h1-5,8,10,12,14,18-19,24-25H,6-7,9,11H2/t12-,14-,18?.